The van der Waals surface area contributed by atoms with Crippen LogP contribution in [0.2, 0.25) is 5.02 Å². The van der Waals surface area contributed by atoms with Crippen molar-refractivity contribution in [3.05, 3.63) is 28.5 Å². The third-order valence-electron chi connectivity index (χ3n) is 3.48. The van der Waals surface area contributed by atoms with Crippen molar-refractivity contribution in [2.75, 3.05) is 20.1 Å². The molecule has 0 radical (unpaired) electrons. The van der Waals surface area contributed by atoms with Gasteiger partial charge >= 0.3 is 0 Å². The summed E-state index contributed by atoms with van der Waals surface area (Å²) in [5.41, 5.74) is 0.0483. The van der Waals surface area contributed by atoms with Gasteiger partial charge in [0.15, 0.2) is 0 Å². The molecule has 5 nitrogen and oxygen atoms in total. The Morgan fingerprint density at radius 1 is 1.48 bits per heavy atom. The van der Waals surface area contributed by atoms with Gasteiger partial charge in [0.1, 0.15) is 5.82 Å². The van der Waals surface area contributed by atoms with Gasteiger partial charge in [0.2, 0.25) is 10.0 Å². The molecule has 0 heterocycles. The van der Waals surface area contributed by atoms with Crippen molar-refractivity contribution in [2.24, 2.45) is 0 Å². The fourth-order valence-corrected chi connectivity index (χ4v) is 3.28. The van der Waals surface area contributed by atoms with Crippen molar-refractivity contribution < 1.29 is 17.9 Å². The normalized spacial score (nSPS) is 15.7. The van der Waals surface area contributed by atoms with E-state index in [0.717, 1.165) is 18.9 Å². The lowest BCUT2D eigenvalue weighted by atomic mass is 10.2. The van der Waals surface area contributed by atoms with Gasteiger partial charge in [0.25, 0.3) is 0 Å². The predicted molar refractivity (Wildman–Crippen MR) is 78.2 cm³/mol. The van der Waals surface area contributed by atoms with E-state index >= 15 is 0 Å². The molecular weight excluding hydrogens is 319 g/mol. The summed E-state index contributed by atoms with van der Waals surface area (Å²) < 4.78 is 40.2. The molecule has 1 saturated carbocycles. The van der Waals surface area contributed by atoms with Crippen LogP contribution in [-0.2, 0) is 16.6 Å². The van der Waals surface area contributed by atoms with Crippen LogP contribution in [-0.4, -0.2) is 44.6 Å². The van der Waals surface area contributed by atoms with Crippen LogP contribution >= 0.6 is 11.6 Å². The van der Waals surface area contributed by atoms with Crippen LogP contribution in [0, 0.1) is 5.82 Å². The minimum absolute atomic E-state index is 0.0483. The first kappa shape index (κ1) is 16.6. The van der Waals surface area contributed by atoms with Crippen molar-refractivity contribution in [1.29, 1.82) is 0 Å². The maximum atomic E-state index is 13.6. The van der Waals surface area contributed by atoms with Crippen molar-refractivity contribution in [3.63, 3.8) is 0 Å². The Labute approximate surface area is 128 Å². The molecule has 0 atom stereocenters. The number of hydrogen-bond donors (Lipinski definition) is 2. The molecule has 1 aromatic carbocycles. The van der Waals surface area contributed by atoms with Gasteiger partial charge in [0.05, 0.1) is 16.5 Å². The van der Waals surface area contributed by atoms with Crippen LogP contribution in [0.25, 0.3) is 0 Å². The molecule has 118 valence electrons. The predicted octanol–water partition coefficient (Wildman–Crippen LogP) is 1.34. The highest BCUT2D eigenvalue weighted by molar-refractivity contribution is 7.89. The number of likely N-dealkylation sites (N-methyl/N-ethyl adjacent to an activating group) is 1. The maximum absolute atomic E-state index is 13.6. The van der Waals surface area contributed by atoms with Gasteiger partial charge in [-0.3, -0.25) is 0 Å². The SMILES string of the molecule is CN(CCNS(=O)(=O)c1cc(F)c(Cl)c(CO)c1)C1CC1. The Balaban J connectivity index is 2.06. The zero-order chi connectivity index (χ0) is 15.6. The average Bonchev–Trinajstić information content (AvgIpc) is 3.25. The number of nitrogens with zero attached hydrogens (tertiary/aromatic N) is 1. The highest BCUT2D eigenvalue weighted by Gasteiger charge is 2.26. The standard InChI is InChI=1S/C13H18ClFN2O3S/c1-17(10-2-3-10)5-4-16-21(19,20)11-6-9(8-18)13(14)12(15)7-11/h6-7,10,16,18H,2-5,8H2,1H3. The zero-order valence-electron chi connectivity index (χ0n) is 11.6. The highest BCUT2D eigenvalue weighted by atomic mass is 35.5. The summed E-state index contributed by atoms with van der Waals surface area (Å²) in [6, 6.07) is 2.58. The molecule has 0 aromatic heterocycles. The molecule has 21 heavy (non-hydrogen) atoms. The average molecular weight is 337 g/mol. The first-order valence-corrected chi connectivity index (χ1v) is 8.50. The van der Waals surface area contributed by atoms with Crippen molar-refractivity contribution >= 4 is 21.6 Å². The summed E-state index contributed by atoms with van der Waals surface area (Å²) in [5, 5.41) is 8.82. The van der Waals surface area contributed by atoms with Crippen molar-refractivity contribution in [2.45, 2.75) is 30.4 Å². The first-order chi connectivity index (χ1) is 9.85. The molecule has 0 spiro atoms. The molecule has 0 aliphatic heterocycles. The molecule has 0 amide bonds. The highest BCUT2D eigenvalue weighted by Crippen LogP contribution is 2.25. The lowest BCUT2D eigenvalue weighted by molar-refractivity contribution is 0.281. The molecule has 0 bridgehead atoms. The minimum Gasteiger partial charge on any atom is -0.392 e. The van der Waals surface area contributed by atoms with Gasteiger partial charge in [-0.25, -0.2) is 17.5 Å². The molecule has 1 aliphatic carbocycles. The molecule has 8 heteroatoms. The molecule has 2 N–H and O–H groups in total. The summed E-state index contributed by atoms with van der Waals surface area (Å²) in [6.45, 7) is 0.310. The molecule has 1 aliphatic rings. The number of aliphatic hydroxyl groups is 1. The van der Waals surface area contributed by atoms with E-state index in [1.807, 2.05) is 7.05 Å². The molecule has 1 fully saturated rings. The molecule has 2 rings (SSSR count). The Bertz CT molecular complexity index is 620. The van der Waals surface area contributed by atoms with Crippen LogP contribution in [0.3, 0.4) is 0 Å². The Morgan fingerprint density at radius 2 is 2.14 bits per heavy atom. The number of nitrogens with one attached hydrogen (secondary N) is 1. The molecule has 0 unspecified atom stereocenters. The van der Waals surface area contributed by atoms with Crippen molar-refractivity contribution in [3.8, 4) is 0 Å². The van der Waals surface area contributed by atoms with E-state index in [4.69, 9.17) is 16.7 Å². The second-order valence-corrected chi connectivity index (χ2v) is 7.29. The van der Waals surface area contributed by atoms with Gasteiger partial charge in [-0.15, -0.1) is 0 Å². The second-order valence-electron chi connectivity index (χ2n) is 5.15. The number of benzene rings is 1. The number of rotatable bonds is 7. The summed E-state index contributed by atoms with van der Waals surface area (Å²) >= 11 is 5.65. The van der Waals surface area contributed by atoms with E-state index in [2.05, 4.69) is 9.62 Å². The van der Waals surface area contributed by atoms with Crippen LogP contribution in [0.4, 0.5) is 4.39 Å². The first-order valence-electron chi connectivity index (χ1n) is 6.64. The lowest BCUT2D eigenvalue weighted by Crippen LogP contribution is -2.34. The quantitative estimate of drug-likeness (QED) is 0.788. The van der Waals surface area contributed by atoms with Crippen LogP contribution in [0.5, 0.6) is 0 Å². The van der Waals surface area contributed by atoms with E-state index in [0.29, 0.717) is 12.6 Å². The fraction of sp³-hybridized carbons (Fsp3) is 0.538. The Kier molecular flexibility index (Phi) is 5.21. The minimum atomic E-state index is -3.82. The molecule has 1 aromatic rings. The number of hydrogen-bond acceptors (Lipinski definition) is 4. The third-order valence-corrected chi connectivity index (χ3v) is 5.35. The number of halogens is 2. The summed E-state index contributed by atoms with van der Waals surface area (Å²) in [6.07, 6.45) is 2.29. The smallest absolute Gasteiger partial charge is 0.240 e. The van der Waals surface area contributed by atoms with Gasteiger partial charge in [-0.05, 0) is 32.0 Å². The summed E-state index contributed by atoms with van der Waals surface area (Å²) in [7, 11) is -1.88. The van der Waals surface area contributed by atoms with Gasteiger partial charge in [-0.1, -0.05) is 11.6 Å². The maximum Gasteiger partial charge on any atom is 0.240 e. The second kappa shape index (κ2) is 6.58. The Morgan fingerprint density at radius 3 is 2.71 bits per heavy atom. The number of sulfonamides is 1. The topological polar surface area (TPSA) is 69.6 Å². The van der Waals surface area contributed by atoms with Crippen LogP contribution in [0.15, 0.2) is 17.0 Å². The largest absolute Gasteiger partial charge is 0.392 e. The van der Waals surface area contributed by atoms with E-state index in [9.17, 15) is 12.8 Å². The van der Waals surface area contributed by atoms with Crippen LogP contribution < -0.4 is 4.72 Å². The molecule has 0 saturated heterocycles. The van der Waals surface area contributed by atoms with E-state index < -0.39 is 22.4 Å². The van der Waals surface area contributed by atoms with E-state index in [1.54, 1.807) is 0 Å². The van der Waals surface area contributed by atoms with E-state index in [-0.39, 0.29) is 22.0 Å². The van der Waals surface area contributed by atoms with Gasteiger partial charge in [0, 0.05) is 24.7 Å². The zero-order valence-corrected chi connectivity index (χ0v) is 13.2. The third kappa shape index (κ3) is 4.14. The summed E-state index contributed by atoms with van der Waals surface area (Å²) in [4.78, 5) is 1.85. The summed E-state index contributed by atoms with van der Waals surface area (Å²) in [5.74, 6) is -0.862. The number of aliphatic hydroxyl groups excluding tert-OH is 1. The lowest BCUT2D eigenvalue weighted by Gasteiger charge is -2.16. The fourth-order valence-electron chi connectivity index (χ4n) is 2.03. The monoisotopic (exact) mass is 336 g/mol. The van der Waals surface area contributed by atoms with Gasteiger partial charge < -0.3 is 10.0 Å². The van der Waals surface area contributed by atoms with Crippen LogP contribution in [0.1, 0.15) is 18.4 Å². The molecular formula is C13H18ClFN2O3S. The van der Waals surface area contributed by atoms with Gasteiger partial charge in [-0.2, -0.15) is 0 Å². The Hall–Kier alpha value is -0.730. The van der Waals surface area contributed by atoms with Crippen molar-refractivity contribution in [1.82, 2.24) is 9.62 Å². The van der Waals surface area contributed by atoms with E-state index in [1.165, 1.54) is 6.07 Å².